The number of hydrogen-bond donors (Lipinski definition) is 1. The molecule has 0 radical (unpaired) electrons. The zero-order chi connectivity index (χ0) is 35.4. The maximum Gasteiger partial charge on any atom is 0.433 e. The number of pyridine rings is 2. The molecule has 0 spiro atoms. The standard InChI is InChI=1S/C32H26F5N9O3/c1-16-7-26-39-10-19(11-46(26)43-16)23-8-20-21(18(3)47)12-44(28(20)17(2)40-23)13-27(48)45-15-31(34,14-33)9-24(45)30(49)42-29-22(38-4)5-6-25(41-29)32(35,36)37/h5-8,10-12,24H,9,13-15H2,1-3H3,(H,41,42,49)/t24?,31-/m0/s1. The number of nitrogens with zero attached hydrogens (tertiary/aromatic N) is 8. The van der Waals surface area contributed by atoms with Crippen molar-refractivity contribution in [3.8, 4) is 11.3 Å². The van der Waals surface area contributed by atoms with Gasteiger partial charge in [0.2, 0.25) is 17.5 Å². The lowest BCUT2D eigenvalue weighted by molar-refractivity contribution is -0.141. The summed E-state index contributed by atoms with van der Waals surface area (Å²) >= 11 is 0. The minimum atomic E-state index is -4.90. The van der Waals surface area contributed by atoms with Crippen molar-refractivity contribution in [2.24, 2.45) is 0 Å². The van der Waals surface area contributed by atoms with Crippen LogP contribution in [0.1, 0.15) is 40.8 Å². The van der Waals surface area contributed by atoms with Crippen molar-refractivity contribution in [2.45, 2.75) is 51.6 Å². The number of Topliss-reactive ketones (excluding diaryl/α,β-unsaturated/α-hetero) is 1. The molecule has 6 heterocycles. The Morgan fingerprint density at radius 1 is 1.14 bits per heavy atom. The summed E-state index contributed by atoms with van der Waals surface area (Å²) in [5, 5.41) is 6.93. The Morgan fingerprint density at radius 3 is 2.57 bits per heavy atom. The topological polar surface area (TPSA) is 132 Å². The highest BCUT2D eigenvalue weighted by Crippen LogP contribution is 2.36. The first-order valence-electron chi connectivity index (χ1n) is 14.8. The average molecular weight is 680 g/mol. The zero-order valence-electron chi connectivity index (χ0n) is 26.1. The van der Waals surface area contributed by atoms with E-state index >= 15 is 4.39 Å². The molecule has 5 aromatic heterocycles. The SMILES string of the molecule is [C-]#[N+]c1ccc(C(F)(F)F)nc1NC(=O)C1C[C@](F)(CF)CN1C(=O)Cn1cc(C(C)=O)c2cc(-c3cnc4cc(C)nn4c3)nc(C)c21. The Balaban J connectivity index is 1.33. The van der Waals surface area contributed by atoms with Crippen LogP contribution in [0, 0.1) is 20.4 Å². The van der Waals surface area contributed by atoms with Crippen molar-refractivity contribution >= 4 is 45.7 Å². The summed E-state index contributed by atoms with van der Waals surface area (Å²) < 4.78 is 72.1. The van der Waals surface area contributed by atoms with Crippen molar-refractivity contribution in [1.82, 2.24) is 34.0 Å². The Kier molecular flexibility index (Phi) is 8.13. The number of hydrogen-bond acceptors (Lipinski definition) is 7. The maximum absolute atomic E-state index is 15.4. The van der Waals surface area contributed by atoms with E-state index in [9.17, 15) is 31.9 Å². The van der Waals surface area contributed by atoms with Gasteiger partial charge in [0, 0.05) is 47.6 Å². The number of likely N-dealkylation sites (tertiary alicyclic amines) is 1. The molecule has 5 aromatic rings. The summed E-state index contributed by atoms with van der Waals surface area (Å²) in [5.74, 6) is -3.06. The molecule has 1 unspecified atom stereocenters. The summed E-state index contributed by atoms with van der Waals surface area (Å²) in [4.78, 5) is 56.1. The van der Waals surface area contributed by atoms with Crippen molar-refractivity contribution in [3.05, 3.63) is 76.9 Å². The van der Waals surface area contributed by atoms with Crippen LogP contribution < -0.4 is 5.32 Å². The van der Waals surface area contributed by atoms with Crippen LogP contribution in [0.15, 0.2) is 42.9 Å². The fourth-order valence-corrected chi connectivity index (χ4v) is 5.96. The van der Waals surface area contributed by atoms with E-state index < -0.39 is 73.1 Å². The molecule has 0 bridgehead atoms. The number of aryl methyl sites for hydroxylation is 2. The Labute approximate surface area is 274 Å². The lowest BCUT2D eigenvalue weighted by Crippen LogP contribution is -2.44. The Morgan fingerprint density at radius 2 is 1.90 bits per heavy atom. The van der Waals surface area contributed by atoms with Gasteiger partial charge in [-0.2, -0.15) is 18.3 Å². The van der Waals surface area contributed by atoms with Gasteiger partial charge >= 0.3 is 6.18 Å². The molecule has 49 heavy (non-hydrogen) atoms. The molecule has 0 saturated carbocycles. The molecule has 1 N–H and O–H groups in total. The Bertz CT molecular complexity index is 2220. The highest BCUT2D eigenvalue weighted by atomic mass is 19.4. The first kappa shape index (κ1) is 33.1. The monoisotopic (exact) mass is 679 g/mol. The molecule has 12 nitrogen and oxygen atoms in total. The number of ketones is 1. The lowest BCUT2D eigenvalue weighted by Gasteiger charge is -2.24. The van der Waals surface area contributed by atoms with E-state index in [1.165, 1.54) is 17.7 Å². The van der Waals surface area contributed by atoms with Crippen molar-refractivity contribution in [1.29, 1.82) is 0 Å². The highest BCUT2D eigenvalue weighted by molar-refractivity contribution is 6.08. The van der Waals surface area contributed by atoms with E-state index in [0.717, 1.165) is 16.7 Å². The molecule has 1 saturated heterocycles. The van der Waals surface area contributed by atoms with Crippen molar-refractivity contribution in [3.63, 3.8) is 0 Å². The van der Waals surface area contributed by atoms with Gasteiger partial charge in [-0.25, -0.2) is 28.1 Å². The second kappa shape index (κ2) is 12.0. The molecule has 0 aliphatic carbocycles. The van der Waals surface area contributed by atoms with E-state index in [1.54, 1.807) is 36.0 Å². The van der Waals surface area contributed by atoms with Gasteiger partial charge in [0.05, 0.1) is 35.7 Å². The van der Waals surface area contributed by atoms with Crippen LogP contribution in [0.25, 0.3) is 32.7 Å². The van der Waals surface area contributed by atoms with Gasteiger partial charge in [-0.1, -0.05) is 6.07 Å². The summed E-state index contributed by atoms with van der Waals surface area (Å²) in [6.45, 7) is 9.19. The molecule has 1 aliphatic rings. The van der Waals surface area contributed by atoms with Crippen molar-refractivity contribution < 1.29 is 36.3 Å². The number of nitrogens with one attached hydrogen (secondary N) is 1. The van der Waals surface area contributed by atoms with Crippen LogP contribution in [0.3, 0.4) is 0 Å². The molecular weight excluding hydrogens is 653 g/mol. The quantitative estimate of drug-likeness (QED) is 0.138. The van der Waals surface area contributed by atoms with Gasteiger partial charge < -0.3 is 14.8 Å². The van der Waals surface area contributed by atoms with Crippen LogP contribution in [0.2, 0.25) is 0 Å². The zero-order valence-corrected chi connectivity index (χ0v) is 26.1. The van der Waals surface area contributed by atoms with Crippen LogP contribution >= 0.6 is 0 Å². The predicted octanol–water partition coefficient (Wildman–Crippen LogP) is 5.45. The normalized spacial score (nSPS) is 17.9. The minimum Gasteiger partial charge on any atom is -0.336 e. The number of carbonyl (C=O) groups is 3. The van der Waals surface area contributed by atoms with Gasteiger partial charge in [-0.15, -0.1) is 0 Å². The summed E-state index contributed by atoms with van der Waals surface area (Å²) in [6, 6.07) is 3.19. The molecule has 17 heteroatoms. The third-order valence-electron chi connectivity index (χ3n) is 8.22. The first-order chi connectivity index (χ1) is 23.1. The van der Waals surface area contributed by atoms with Crippen LogP contribution in [-0.2, 0) is 22.3 Å². The largest absolute Gasteiger partial charge is 0.433 e. The Hall–Kier alpha value is -5.79. The summed E-state index contributed by atoms with van der Waals surface area (Å²) in [5.41, 5.74) is -0.898. The number of anilines is 1. The number of fused-ring (bicyclic) bond motifs is 2. The van der Waals surface area contributed by atoms with Gasteiger partial charge in [-0.3, -0.25) is 19.4 Å². The van der Waals surface area contributed by atoms with E-state index in [2.05, 4.69) is 30.2 Å². The minimum absolute atomic E-state index is 0.250. The summed E-state index contributed by atoms with van der Waals surface area (Å²) in [6.07, 6.45) is -0.914. The van der Waals surface area contributed by atoms with E-state index in [1.807, 2.05) is 6.92 Å². The average Bonchev–Trinajstić information content (AvgIpc) is 3.72. The third-order valence-corrected chi connectivity index (χ3v) is 8.22. The molecule has 252 valence electrons. The molecule has 1 aliphatic heterocycles. The van der Waals surface area contributed by atoms with E-state index in [4.69, 9.17) is 6.57 Å². The van der Waals surface area contributed by atoms with Crippen LogP contribution in [0.5, 0.6) is 0 Å². The van der Waals surface area contributed by atoms with Gasteiger partial charge in [-0.05, 0) is 32.9 Å². The number of carbonyl (C=O) groups excluding carboxylic acids is 3. The second-order valence-electron chi connectivity index (χ2n) is 11.8. The molecule has 2 atom stereocenters. The van der Waals surface area contributed by atoms with Gasteiger partial charge in [0.15, 0.2) is 17.1 Å². The highest BCUT2D eigenvalue weighted by Gasteiger charge is 2.50. The first-order valence-corrected chi connectivity index (χ1v) is 14.8. The van der Waals surface area contributed by atoms with Gasteiger partial charge in [0.1, 0.15) is 30.8 Å². The lowest BCUT2D eigenvalue weighted by atomic mass is 10.0. The maximum atomic E-state index is 15.4. The van der Waals surface area contributed by atoms with E-state index in [0.29, 0.717) is 39.6 Å². The molecule has 2 amide bonds. The smallest absolute Gasteiger partial charge is 0.336 e. The molecular formula is C32H26F5N9O3. The molecule has 6 rings (SSSR count). The summed E-state index contributed by atoms with van der Waals surface area (Å²) in [7, 11) is 0. The van der Waals surface area contributed by atoms with Crippen LogP contribution in [-0.4, -0.2) is 76.6 Å². The number of alkyl halides is 5. The van der Waals surface area contributed by atoms with Crippen LogP contribution in [0.4, 0.5) is 33.5 Å². The number of amides is 2. The number of halogens is 5. The fraction of sp³-hybridized carbons (Fsp3) is 0.312. The van der Waals surface area contributed by atoms with Gasteiger partial charge in [0.25, 0.3) is 0 Å². The van der Waals surface area contributed by atoms with E-state index in [-0.39, 0.29) is 11.3 Å². The fourth-order valence-electron chi connectivity index (χ4n) is 5.96. The third kappa shape index (κ3) is 6.17. The second-order valence-corrected chi connectivity index (χ2v) is 11.8. The number of rotatable bonds is 7. The van der Waals surface area contributed by atoms with Crippen molar-refractivity contribution in [2.75, 3.05) is 18.5 Å². The molecule has 1 fully saturated rings. The molecule has 0 aromatic carbocycles. The predicted molar refractivity (Wildman–Crippen MR) is 165 cm³/mol. The number of aromatic nitrogens is 6.